The molecule has 0 fully saturated rings. The van der Waals surface area contributed by atoms with Gasteiger partial charge in [-0.2, -0.15) is 0 Å². The topological polar surface area (TPSA) is 35.2 Å². The minimum atomic E-state index is 0.353. The van der Waals surface area contributed by atoms with Crippen LogP contribution in [0.2, 0.25) is 0 Å². The first-order valence-electron chi connectivity index (χ1n) is 6.74. The van der Waals surface area contributed by atoms with E-state index >= 15 is 0 Å². The third kappa shape index (κ3) is 4.11. The molecule has 0 amide bonds. The van der Waals surface area contributed by atoms with Gasteiger partial charge in [0.25, 0.3) is 0 Å². The van der Waals surface area contributed by atoms with E-state index in [1.807, 2.05) is 18.2 Å². The normalized spacial score (nSPS) is 12.1. The highest BCUT2D eigenvalue weighted by atomic mass is 16.5. The summed E-state index contributed by atoms with van der Waals surface area (Å²) >= 11 is 0. The summed E-state index contributed by atoms with van der Waals surface area (Å²) in [5, 5.41) is 0. The SMILES string of the molecule is Cc1cccc(OCC(CCN)c2ccccc2)c1. The van der Waals surface area contributed by atoms with Crippen LogP contribution < -0.4 is 10.5 Å². The predicted molar refractivity (Wildman–Crippen MR) is 79.5 cm³/mol. The maximum atomic E-state index is 5.90. The summed E-state index contributed by atoms with van der Waals surface area (Å²) in [6.45, 7) is 3.42. The van der Waals surface area contributed by atoms with Gasteiger partial charge >= 0.3 is 0 Å². The molecular formula is C17H21NO. The van der Waals surface area contributed by atoms with Crippen LogP contribution in [0.4, 0.5) is 0 Å². The van der Waals surface area contributed by atoms with Crippen molar-refractivity contribution in [2.75, 3.05) is 13.2 Å². The van der Waals surface area contributed by atoms with E-state index in [1.165, 1.54) is 11.1 Å². The zero-order valence-electron chi connectivity index (χ0n) is 11.4. The molecule has 0 radical (unpaired) electrons. The molecule has 0 aromatic heterocycles. The van der Waals surface area contributed by atoms with Crippen LogP contribution >= 0.6 is 0 Å². The number of ether oxygens (including phenoxy) is 1. The van der Waals surface area contributed by atoms with E-state index in [-0.39, 0.29) is 0 Å². The van der Waals surface area contributed by atoms with Crippen molar-refractivity contribution in [3.63, 3.8) is 0 Å². The minimum Gasteiger partial charge on any atom is -0.493 e. The van der Waals surface area contributed by atoms with E-state index < -0.39 is 0 Å². The summed E-state index contributed by atoms with van der Waals surface area (Å²) in [4.78, 5) is 0. The van der Waals surface area contributed by atoms with Gasteiger partial charge in [-0.05, 0) is 43.1 Å². The predicted octanol–water partition coefficient (Wildman–Crippen LogP) is 3.51. The summed E-state index contributed by atoms with van der Waals surface area (Å²) in [5.74, 6) is 1.28. The van der Waals surface area contributed by atoms with Crippen molar-refractivity contribution in [2.45, 2.75) is 19.3 Å². The Morgan fingerprint density at radius 3 is 2.53 bits per heavy atom. The van der Waals surface area contributed by atoms with Crippen LogP contribution in [-0.4, -0.2) is 13.2 Å². The molecule has 0 saturated heterocycles. The van der Waals surface area contributed by atoms with E-state index in [0.717, 1.165) is 12.2 Å². The molecule has 100 valence electrons. The van der Waals surface area contributed by atoms with Gasteiger partial charge in [-0.3, -0.25) is 0 Å². The molecule has 0 bridgehead atoms. The molecule has 0 aliphatic heterocycles. The molecule has 0 spiro atoms. The maximum absolute atomic E-state index is 5.90. The van der Waals surface area contributed by atoms with Crippen molar-refractivity contribution in [2.24, 2.45) is 5.73 Å². The number of hydrogen-bond acceptors (Lipinski definition) is 2. The highest BCUT2D eigenvalue weighted by Crippen LogP contribution is 2.21. The average molecular weight is 255 g/mol. The Bertz CT molecular complexity index is 496. The zero-order valence-corrected chi connectivity index (χ0v) is 11.4. The number of nitrogens with two attached hydrogens (primary N) is 1. The van der Waals surface area contributed by atoms with Gasteiger partial charge in [0, 0.05) is 5.92 Å². The zero-order chi connectivity index (χ0) is 13.5. The van der Waals surface area contributed by atoms with Gasteiger partial charge in [-0.1, -0.05) is 42.5 Å². The van der Waals surface area contributed by atoms with Crippen LogP contribution in [0.5, 0.6) is 5.75 Å². The molecule has 0 saturated carbocycles. The van der Waals surface area contributed by atoms with Gasteiger partial charge in [-0.15, -0.1) is 0 Å². The molecule has 1 unspecified atom stereocenters. The van der Waals surface area contributed by atoms with E-state index in [2.05, 4.69) is 43.3 Å². The van der Waals surface area contributed by atoms with Crippen LogP contribution in [-0.2, 0) is 0 Å². The fraction of sp³-hybridized carbons (Fsp3) is 0.294. The van der Waals surface area contributed by atoms with E-state index in [0.29, 0.717) is 19.1 Å². The lowest BCUT2D eigenvalue weighted by Crippen LogP contribution is -2.15. The van der Waals surface area contributed by atoms with E-state index in [1.54, 1.807) is 0 Å². The highest BCUT2D eigenvalue weighted by Gasteiger charge is 2.11. The molecule has 2 N–H and O–H groups in total. The molecule has 0 heterocycles. The monoisotopic (exact) mass is 255 g/mol. The van der Waals surface area contributed by atoms with Gasteiger partial charge in [0.1, 0.15) is 5.75 Å². The fourth-order valence-electron chi connectivity index (χ4n) is 2.17. The Balaban J connectivity index is 2.01. The van der Waals surface area contributed by atoms with Crippen LogP contribution in [0.25, 0.3) is 0 Å². The first-order valence-corrected chi connectivity index (χ1v) is 6.74. The van der Waals surface area contributed by atoms with Gasteiger partial charge in [0.05, 0.1) is 6.61 Å². The van der Waals surface area contributed by atoms with Crippen molar-refractivity contribution < 1.29 is 4.74 Å². The summed E-state index contributed by atoms with van der Waals surface area (Å²) < 4.78 is 5.90. The van der Waals surface area contributed by atoms with E-state index in [9.17, 15) is 0 Å². The van der Waals surface area contributed by atoms with Crippen molar-refractivity contribution >= 4 is 0 Å². The van der Waals surface area contributed by atoms with Crippen LogP contribution in [0.3, 0.4) is 0 Å². The largest absolute Gasteiger partial charge is 0.493 e. The van der Waals surface area contributed by atoms with Gasteiger partial charge in [0.15, 0.2) is 0 Å². The molecule has 19 heavy (non-hydrogen) atoms. The number of aryl methyl sites for hydroxylation is 1. The van der Waals surface area contributed by atoms with Crippen molar-refractivity contribution in [3.8, 4) is 5.75 Å². The second-order valence-corrected chi connectivity index (χ2v) is 4.81. The van der Waals surface area contributed by atoms with Crippen LogP contribution in [0.15, 0.2) is 54.6 Å². The van der Waals surface area contributed by atoms with Gasteiger partial charge < -0.3 is 10.5 Å². The average Bonchev–Trinajstić information content (AvgIpc) is 2.44. The summed E-state index contributed by atoms with van der Waals surface area (Å²) in [6, 6.07) is 18.6. The Morgan fingerprint density at radius 2 is 1.84 bits per heavy atom. The fourth-order valence-corrected chi connectivity index (χ4v) is 2.17. The third-order valence-electron chi connectivity index (χ3n) is 3.23. The molecule has 1 atom stereocenters. The molecular weight excluding hydrogens is 234 g/mol. The second kappa shape index (κ2) is 6.95. The number of benzene rings is 2. The van der Waals surface area contributed by atoms with Crippen molar-refractivity contribution in [3.05, 3.63) is 65.7 Å². The molecule has 0 aliphatic carbocycles. The summed E-state index contributed by atoms with van der Waals surface area (Å²) in [5.41, 5.74) is 8.21. The minimum absolute atomic E-state index is 0.353. The number of hydrogen-bond donors (Lipinski definition) is 1. The van der Waals surface area contributed by atoms with Gasteiger partial charge in [0.2, 0.25) is 0 Å². The molecule has 2 nitrogen and oxygen atoms in total. The Labute approximate surface area is 115 Å². The maximum Gasteiger partial charge on any atom is 0.119 e. The van der Waals surface area contributed by atoms with Crippen molar-refractivity contribution in [1.29, 1.82) is 0 Å². The first kappa shape index (κ1) is 13.6. The summed E-state index contributed by atoms with van der Waals surface area (Å²) in [6.07, 6.45) is 0.940. The van der Waals surface area contributed by atoms with E-state index in [4.69, 9.17) is 10.5 Å². The second-order valence-electron chi connectivity index (χ2n) is 4.81. The first-order chi connectivity index (χ1) is 9.29. The quantitative estimate of drug-likeness (QED) is 0.857. The standard InChI is InChI=1S/C17H21NO/c1-14-6-5-9-17(12-14)19-13-16(10-11-18)15-7-3-2-4-8-15/h2-9,12,16H,10-11,13,18H2,1H3. The third-order valence-corrected chi connectivity index (χ3v) is 3.23. The smallest absolute Gasteiger partial charge is 0.119 e. The molecule has 2 aromatic rings. The summed E-state index contributed by atoms with van der Waals surface area (Å²) in [7, 11) is 0. The van der Waals surface area contributed by atoms with Crippen LogP contribution in [0, 0.1) is 6.92 Å². The highest BCUT2D eigenvalue weighted by molar-refractivity contribution is 5.28. The molecule has 2 heteroatoms. The lowest BCUT2D eigenvalue weighted by Gasteiger charge is -2.17. The lowest BCUT2D eigenvalue weighted by molar-refractivity contribution is 0.282. The Kier molecular flexibility index (Phi) is 4.99. The molecule has 0 aliphatic rings. The Morgan fingerprint density at radius 1 is 1.05 bits per heavy atom. The Hall–Kier alpha value is -1.80. The van der Waals surface area contributed by atoms with Crippen molar-refractivity contribution in [1.82, 2.24) is 0 Å². The number of rotatable bonds is 6. The molecule has 2 aromatic carbocycles. The lowest BCUT2D eigenvalue weighted by atomic mass is 9.97. The van der Waals surface area contributed by atoms with Gasteiger partial charge in [-0.25, -0.2) is 0 Å². The molecule has 2 rings (SSSR count). The van der Waals surface area contributed by atoms with Crippen LogP contribution in [0.1, 0.15) is 23.5 Å².